The molecule has 86 valence electrons. The first-order valence-electron chi connectivity index (χ1n) is 5.20. The average Bonchev–Trinajstić information content (AvgIpc) is 2.21. The number of rotatable bonds is 3. The fourth-order valence-electron chi connectivity index (χ4n) is 2.02. The van der Waals surface area contributed by atoms with Crippen molar-refractivity contribution in [3.8, 4) is 0 Å². The number of carbonyl (C=O) groups is 1. The molecule has 0 atom stereocenters. The Hall–Kier alpha value is -0.740. The lowest BCUT2D eigenvalue weighted by molar-refractivity contribution is 0.0344. The van der Waals surface area contributed by atoms with Gasteiger partial charge in [0, 0.05) is 4.47 Å². The second kappa shape index (κ2) is 4.26. The van der Waals surface area contributed by atoms with Crippen LogP contribution in [0.15, 0.2) is 22.7 Å². The lowest BCUT2D eigenvalue weighted by atomic mass is 9.65. The maximum atomic E-state index is 13.5. The van der Waals surface area contributed by atoms with E-state index in [2.05, 4.69) is 15.9 Å². The minimum Gasteiger partial charge on any atom is -0.395 e. The molecule has 0 unspecified atom stereocenters. The van der Waals surface area contributed by atoms with Crippen LogP contribution in [-0.4, -0.2) is 17.5 Å². The third kappa shape index (κ3) is 1.80. The number of halogens is 2. The van der Waals surface area contributed by atoms with Crippen molar-refractivity contribution in [3.05, 3.63) is 34.1 Å². The first-order chi connectivity index (χ1) is 7.59. The lowest BCUT2D eigenvalue weighted by Crippen LogP contribution is -2.41. The maximum Gasteiger partial charge on any atom is 0.174 e. The minimum atomic E-state index is -0.734. The fraction of sp³-hybridized carbons (Fsp3) is 0.417. The molecule has 1 saturated carbocycles. The summed E-state index contributed by atoms with van der Waals surface area (Å²) < 4.78 is 14.2. The number of aliphatic hydroxyl groups excluding tert-OH is 1. The smallest absolute Gasteiger partial charge is 0.174 e. The van der Waals surface area contributed by atoms with E-state index < -0.39 is 11.2 Å². The molecule has 0 aromatic heterocycles. The van der Waals surface area contributed by atoms with Crippen LogP contribution in [0.2, 0.25) is 0 Å². The van der Waals surface area contributed by atoms with E-state index in [4.69, 9.17) is 0 Å². The van der Waals surface area contributed by atoms with E-state index in [-0.39, 0.29) is 18.0 Å². The topological polar surface area (TPSA) is 37.3 Å². The summed E-state index contributed by atoms with van der Waals surface area (Å²) in [6.45, 7) is -0.197. The highest BCUT2D eigenvalue weighted by molar-refractivity contribution is 9.10. The summed E-state index contributed by atoms with van der Waals surface area (Å²) in [5.41, 5.74) is -0.662. The van der Waals surface area contributed by atoms with E-state index in [0.29, 0.717) is 17.3 Å². The molecule has 0 saturated heterocycles. The molecule has 2 nitrogen and oxygen atoms in total. The van der Waals surface area contributed by atoms with Crippen molar-refractivity contribution < 1.29 is 14.3 Å². The van der Waals surface area contributed by atoms with Crippen LogP contribution in [0.25, 0.3) is 0 Å². The Kier molecular flexibility index (Phi) is 3.13. The molecule has 1 N–H and O–H groups in total. The molecule has 0 heterocycles. The predicted molar refractivity (Wildman–Crippen MR) is 61.8 cm³/mol. The zero-order valence-corrected chi connectivity index (χ0v) is 10.3. The molecule has 1 aliphatic carbocycles. The van der Waals surface area contributed by atoms with Gasteiger partial charge in [-0.2, -0.15) is 0 Å². The van der Waals surface area contributed by atoms with Crippen molar-refractivity contribution in [3.63, 3.8) is 0 Å². The molecular formula is C12H12BrFO2. The van der Waals surface area contributed by atoms with Gasteiger partial charge < -0.3 is 5.11 Å². The minimum absolute atomic E-state index is 0.0723. The second-order valence-electron chi connectivity index (χ2n) is 4.25. The van der Waals surface area contributed by atoms with Gasteiger partial charge in [-0.3, -0.25) is 4.79 Å². The van der Waals surface area contributed by atoms with Gasteiger partial charge in [-0.25, -0.2) is 4.39 Å². The monoisotopic (exact) mass is 286 g/mol. The van der Waals surface area contributed by atoms with Crippen LogP contribution in [0.3, 0.4) is 0 Å². The highest BCUT2D eigenvalue weighted by atomic mass is 79.9. The highest BCUT2D eigenvalue weighted by Gasteiger charge is 2.44. The molecule has 0 radical (unpaired) electrons. The Morgan fingerprint density at radius 1 is 1.50 bits per heavy atom. The average molecular weight is 287 g/mol. The number of Topliss-reactive ketones (excluding diaryl/α,β-unsaturated/α-hetero) is 1. The number of ketones is 1. The Bertz CT molecular complexity index is 422. The van der Waals surface area contributed by atoms with Gasteiger partial charge in [0.1, 0.15) is 5.82 Å². The van der Waals surface area contributed by atoms with Gasteiger partial charge in [0.15, 0.2) is 5.78 Å². The van der Waals surface area contributed by atoms with Gasteiger partial charge in [-0.15, -0.1) is 0 Å². The Labute approximate surface area is 102 Å². The first kappa shape index (κ1) is 11.7. The van der Waals surface area contributed by atoms with Crippen LogP contribution in [0.4, 0.5) is 4.39 Å². The van der Waals surface area contributed by atoms with E-state index in [1.165, 1.54) is 12.1 Å². The van der Waals surface area contributed by atoms with E-state index in [1.807, 2.05) is 0 Å². The molecule has 1 fully saturated rings. The number of hydrogen-bond donors (Lipinski definition) is 1. The number of aliphatic hydroxyl groups is 1. The van der Waals surface area contributed by atoms with Crippen molar-refractivity contribution >= 4 is 21.7 Å². The number of hydrogen-bond acceptors (Lipinski definition) is 2. The fourth-order valence-corrected chi connectivity index (χ4v) is 2.38. The molecule has 1 aromatic rings. The van der Waals surface area contributed by atoms with Crippen LogP contribution < -0.4 is 0 Å². The third-order valence-corrected chi connectivity index (χ3v) is 3.76. The molecular weight excluding hydrogens is 275 g/mol. The molecule has 1 aliphatic rings. The van der Waals surface area contributed by atoms with Gasteiger partial charge in [0.25, 0.3) is 0 Å². The number of benzene rings is 1. The van der Waals surface area contributed by atoms with E-state index in [0.717, 1.165) is 6.42 Å². The highest BCUT2D eigenvalue weighted by Crippen LogP contribution is 2.43. The zero-order chi connectivity index (χ0) is 11.8. The zero-order valence-electron chi connectivity index (χ0n) is 8.67. The van der Waals surface area contributed by atoms with E-state index >= 15 is 0 Å². The van der Waals surface area contributed by atoms with Crippen molar-refractivity contribution in [2.24, 2.45) is 5.41 Å². The largest absolute Gasteiger partial charge is 0.395 e. The Balaban J connectivity index is 2.37. The van der Waals surface area contributed by atoms with Crippen molar-refractivity contribution in [2.45, 2.75) is 19.3 Å². The summed E-state index contributed by atoms with van der Waals surface area (Å²) in [6.07, 6.45) is 2.21. The summed E-state index contributed by atoms with van der Waals surface area (Å²) in [4.78, 5) is 12.1. The molecule has 0 spiro atoms. The van der Waals surface area contributed by atoms with Crippen LogP contribution in [-0.2, 0) is 0 Å². The molecule has 0 bridgehead atoms. The standard InChI is InChI=1S/C12H12BrFO2/c13-8-2-3-10(14)9(6-8)11(16)12(7-15)4-1-5-12/h2-3,6,15H,1,4-5,7H2. The summed E-state index contributed by atoms with van der Waals surface area (Å²) in [6, 6.07) is 4.30. The van der Waals surface area contributed by atoms with Crippen LogP contribution in [0, 0.1) is 11.2 Å². The molecule has 0 aliphatic heterocycles. The van der Waals surface area contributed by atoms with Crippen LogP contribution in [0.5, 0.6) is 0 Å². The van der Waals surface area contributed by atoms with Gasteiger partial charge in [0.2, 0.25) is 0 Å². The van der Waals surface area contributed by atoms with Crippen LogP contribution in [0.1, 0.15) is 29.6 Å². The SMILES string of the molecule is O=C(c1cc(Br)ccc1F)C1(CO)CCC1. The summed E-state index contributed by atoms with van der Waals surface area (Å²) in [5, 5.41) is 9.27. The molecule has 2 rings (SSSR count). The predicted octanol–water partition coefficient (Wildman–Crippen LogP) is 2.93. The molecule has 1 aromatic carbocycles. The van der Waals surface area contributed by atoms with Gasteiger partial charge in [-0.05, 0) is 31.0 Å². The van der Waals surface area contributed by atoms with Crippen molar-refractivity contribution in [1.82, 2.24) is 0 Å². The van der Waals surface area contributed by atoms with Crippen LogP contribution >= 0.6 is 15.9 Å². The quantitative estimate of drug-likeness (QED) is 0.868. The van der Waals surface area contributed by atoms with E-state index in [1.54, 1.807) is 6.07 Å². The number of carbonyl (C=O) groups excluding carboxylic acids is 1. The lowest BCUT2D eigenvalue weighted by Gasteiger charge is -2.38. The maximum absolute atomic E-state index is 13.5. The molecule has 16 heavy (non-hydrogen) atoms. The van der Waals surface area contributed by atoms with Crippen molar-refractivity contribution in [2.75, 3.05) is 6.61 Å². The molecule has 4 heteroatoms. The normalized spacial score (nSPS) is 17.9. The third-order valence-electron chi connectivity index (χ3n) is 3.27. The summed E-state index contributed by atoms with van der Waals surface area (Å²) >= 11 is 3.21. The Morgan fingerprint density at radius 3 is 2.69 bits per heavy atom. The van der Waals surface area contributed by atoms with E-state index in [9.17, 15) is 14.3 Å². The molecule has 0 amide bonds. The van der Waals surface area contributed by atoms with Gasteiger partial charge >= 0.3 is 0 Å². The first-order valence-corrected chi connectivity index (χ1v) is 5.99. The summed E-state index contributed by atoms with van der Waals surface area (Å²) in [5.74, 6) is -0.798. The van der Waals surface area contributed by atoms with Gasteiger partial charge in [0.05, 0.1) is 17.6 Å². The van der Waals surface area contributed by atoms with Crippen molar-refractivity contribution in [1.29, 1.82) is 0 Å². The summed E-state index contributed by atoms with van der Waals surface area (Å²) in [7, 11) is 0. The second-order valence-corrected chi connectivity index (χ2v) is 5.16. The Morgan fingerprint density at radius 2 is 2.19 bits per heavy atom. The van der Waals surface area contributed by atoms with Gasteiger partial charge in [-0.1, -0.05) is 22.4 Å².